The Balaban J connectivity index is 1.29. The molecule has 2 aromatic heterocycles. The number of benzene rings is 4. The fraction of sp³-hybridized carbons (Fsp3) is 0.346. The van der Waals surface area contributed by atoms with Crippen LogP contribution in [0.15, 0.2) is 97.3 Å². The van der Waals surface area contributed by atoms with Crippen LogP contribution in [0.3, 0.4) is 0 Å². The van der Waals surface area contributed by atoms with E-state index in [0.717, 1.165) is 44.4 Å². The average Bonchev–Trinajstić information content (AvgIpc) is 3.93. The Bertz CT molecular complexity index is 2770. The number of pyridine rings is 1. The maximum absolute atomic E-state index is 16.1. The number of rotatable bonds is 11. The second kappa shape index (κ2) is 17.4. The van der Waals surface area contributed by atoms with Gasteiger partial charge >= 0.3 is 0 Å². The number of fused-ring (bicyclic) bond motifs is 3. The number of aryl methyl sites for hydroxylation is 1. The Morgan fingerprint density at radius 2 is 1.80 bits per heavy atom. The highest BCUT2D eigenvalue weighted by Gasteiger charge is 2.57. The molecule has 1 aliphatic heterocycles. The molecule has 0 amide bonds. The normalized spacial score (nSPS) is 24.2. The van der Waals surface area contributed by atoms with Crippen molar-refractivity contribution in [2.24, 2.45) is 11.8 Å². The summed E-state index contributed by atoms with van der Waals surface area (Å²) in [6.07, 6.45) is 7.30. The topological polar surface area (TPSA) is 208 Å². The summed E-state index contributed by atoms with van der Waals surface area (Å²) >= 11 is 0. The number of phenols is 4. The zero-order valence-electron chi connectivity index (χ0n) is 36.7. The van der Waals surface area contributed by atoms with Gasteiger partial charge < -0.3 is 55.7 Å². The fourth-order valence-corrected chi connectivity index (χ4v) is 11.6. The Hall–Kier alpha value is -6.54. The summed E-state index contributed by atoms with van der Waals surface area (Å²) in [6.45, 7) is 0.421. The molecule has 6 aromatic rings. The number of carbonyl (C=O) groups is 1. The highest BCUT2D eigenvalue weighted by molar-refractivity contribution is 6.01. The number of Topliss-reactive ketones (excluding diaryl/α,β-unsaturated/α-hetero) is 1. The third kappa shape index (κ3) is 7.81. The molecular formula is C52H55N4O9-. The third-order valence-electron chi connectivity index (χ3n) is 14.4. The van der Waals surface area contributed by atoms with Crippen LogP contribution in [-0.4, -0.2) is 81.4 Å². The van der Waals surface area contributed by atoms with Gasteiger partial charge in [-0.2, -0.15) is 11.9 Å². The van der Waals surface area contributed by atoms with Gasteiger partial charge in [0.2, 0.25) is 5.75 Å². The van der Waals surface area contributed by atoms with Crippen molar-refractivity contribution < 1.29 is 44.9 Å². The second-order valence-electron chi connectivity index (χ2n) is 18.0. The first-order chi connectivity index (χ1) is 31.4. The van der Waals surface area contributed by atoms with Crippen molar-refractivity contribution in [2.75, 3.05) is 33.1 Å². The first-order valence-corrected chi connectivity index (χ1v) is 22.2. The van der Waals surface area contributed by atoms with E-state index in [9.17, 15) is 30.6 Å². The molecule has 1 spiro atoms. The van der Waals surface area contributed by atoms with Crippen molar-refractivity contribution in [2.45, 2.75) is 73.9 Å². The Morgan fingerprint density at radius 1 is 0.969 bits per heavy atom. The highest BCUT2D eigenvalue weighted by Crippen LogP contribution is 2.57. The number of likely N-dealkylation sites (N-methyl/N-ethyl adjacent to an activating group) is 1. The molecule has 7 atom stereocenters. The van der Waals surface area contributed by atoms with Gasteiger partial charge in [0.25, 0.3) is 0 Å². The molecule has 65 heavy (non-hydrogen) atoms. The first-order valence-electron chi connectivity index (χ1n) is 22.2. The van der Waals surface area contributed by atoms with E-state index in [1.54, 1.807) is 48.8 Å². The van der Waals surface area contributed by atoms with Crippen LogP contribution in [0.4, 0.5) is 11.5 Å². The van der Waals surface area contributed by atoms with E-state index < -0.39 is 52.3 Å². The van der Waals surface area contributed by atoms with Crippen LogP contribution in [0.1, 0.15) is 71.5 Å². The maximum atomic E-state index is 16.1. The van der Waals surface area contributed by atoms with Gasteiger partial charge in [-0.1, -0.05) is 36.4 Å². The fourth-order valence-electron chi connectivity index (χ4n) is 11.6. The predicted octanol–water partition coefficient (Wildman–Crippen LogP) is 7.27. The standard InChI is InChI=1S/C52H55N4O9/c1-53-28-51-15-12-31-21-36(57)20-30-8-9-38(48(51)47(30)31)56-46-25-34(14-18-55-46)52(16-13-39(58)37(52)26-35-5-4-17-54-35)49(41(60)11-7-29-6-10-40(59)44(19-29)64-2)42(61)23-33(27-51)32-22-43(62)50(63)45(24-32)65-3/h4-6,8-10,12,14-15,17-22,24-25,33,37,39,41,49,53,57-60,62-63H,7,11,13,16,23,26-28H2,1-3H3,(H,55,56)/q-1. The number of aromatic nitrogens is 2. The summed E-state index contributed by atoms with van der Waals surface area (Å²) in [5, 5.41) is 77.2. The molecule has 2 bridgehead atoms. The van der Waals surface area contributed by atoms with Crippen molar-refractivity contribution in [3.63, 3.8) is 0 Å². The predicted molar refractivity (Wildman–Crippen MR) is 247 cm³/mol. The quantitative estimate of drug-likeness (QED) is 0.0604. The van der Waals surface area contributed by atoms with E-state index in [-0.39, 0.29) is 35.9 Å². The Kier molecular flexibility index (Phi) is 11.7. The number of ether oxygens (including phenoxy) is 2. The van der Waals surface area contributed by atoms with Crippen LogP contribution in [0.2, 0.25) is 0 Å². The van der Waals surface area contributed by atoms with E-state index >= 15 is 4.79 Å². The van der Waals surface area contributed by atoms with Gasteiger partial charge in [0, 0.05) is 35.7 Å². The molecule has 4 aromatic carbocycles. The number of hydrogen-bond donors (Lipinski definition) is 8. The van der Waals surface area contributed by atoms with Gasteiger partial charge in [0.1, 0.15) is 17.4 Å². The molecule has 8 N–H and O–H groups in total. The molecule has 338 valence electrons. The smallest absolute Gasteiger partial charge is 0.200 e. The van der Waals surface area contributed by atoms with E-state index in [1.807, 2.05) is 49.5 Å². The lowest BCUT2D eigenvalue weighted by Gasteiger charge is -2.46. The molecule has 9 rings (SSSR count). The lowest BCUT2D eigenvalue weighted by atomic mass is 9.58. The summed E-state index contributed by atoms with van der Waals surface area (Å²) in [6, 6.07) is 23.2. The summed E-state index contributed by atoms with van der Waals surface area (Å²) in [5.74, 6) is -2.34. The zero-order chi connectivity index (χ0) is 45.6. The molecule has 0 radical (unpaired) electrons. The zero-order valence-corrected chi connectivity index (χ0v) is 36.7. The van der Waals surface area contributed by atoms with E-state index in [4.69, 9.17) is 14.5 Å². The SMILES string of the molecule is CNCC12C=Cc3cc(O)cc4ccc(c1c34)Nc1cc(ccn1)C1(CCC(O)C1Cc1ccc[n-]1)C(C(O)CCc1ccc(O)c(OC)c1)C(=O)CC(c1cc(O)c(O)c(OC)c1)C2. The maximum Gasteiger partial charge on any atom is 0.200 e. The molecule has 1 fully saturated rings. The van der Waals surface area contributed by atoms with Gasteiger partial charge in [-0.3, -0.25) is 4.79 Å². The second-order valence-corrected chi connectivity index (χ2v) is 18.0. The molecule has 3 heterocycles. The van der Waals surface area contributed by atoms with Crippen molar-refractivity contribution in [1.82, 2.24) is 15.3 Å². The van der Waals surface area contributed by atoms with Crippen LogP contribution in [0.5, 0.6) is 34.5 Å². The van der Waals surface area contributed by atoms with Gasteiger partial charge in [0.15, 0.2) is 23.0 Å². The average molecular weight is 880 g/mol. The van der Waals surface area contributed by atoms with Crippen LogP contribution in [0, 0.1) is 11.8 Å². The number of aliphatic hydroxyl groups is 2. The highest BCUT2D eigenvalue weighted by atomic mass is 16.5. The first kappa shape index (κ1) is 43.7. The number of hydrogen-bond acceptors (Lipinski definition) is 12. The lowest BCUT2D eigenvalue weighted by molar-refractivity contribution is -0.132. The van der Waals surface area contributed by atoms with Crippen molar-refractivity contribution in [1.29, 1.82) is 0 Å². The molecule has 7 unspecified atom stereocenters. The molecule has 3 aliphatic rings. The van der Waals surface area contributed by atoms with Gasteiger partial charge in [-0.05, 0) is 151 Å². The van der Waals surface area contributed by atoms with E-state index in [1.165, 1.54) is 20.3 Å². The number of carbonyl (C=O) groups excluding carboxylic acids is 1. The van der Waals surface area contributed by atoms with Crippen molar-refractivity contribution in [3.05, 3.63) is 131 Å². The van der Waals surface area contributed by atoms with E-state index in [2.05, 4.69) is 21.7 Å². The minimum Gasteiger partial charge on any atom is -0.668 e. The van der Waals surface area contributed by atoms with Gasteiger partial charge in [0.05, 0.1) is 32.3 Å². The molecule has 2 aliphatic carbocycles. The number of aliphatic hydroxyl groups excluding tert-OH is 2. The Labute approximate surface area is 377 Å². The number of methoxy groups -OCH3 is 2. The van der Waals surface area contributed by atoms with Gasteiger partial charge in [-0.15, -0.1) is 0 Å². The summed E-state index contributed by atoms with van der Waals surface area (Å²) in [7, 11) is 4.75. The number of nitrogens with one attached hydrogen (secondary N) is 2. The van der Waals surface area contributed by atoms with Crippen molar-refractivity contribution >= 4 is 34.1 Å². The van der Waals surface area contributed by atoms with Crippen LogP contribution < -0.4 is 25.1 Å². The Morgan fingerprint density at radius 3 is 2.57 bits per heavy atom. The minimum absolute atomic E-state index is 0.0107. The summed E-state index contributed by atoms with van der Waals surface area (Å²) in [4.78, 5) is 25.6. The number of anilines is 2. The van der Waals surface area contributed by atoms with Crippen molar-refractivity contribution in [3.8, 4) is 34.5 Å². The molecule has 13 nitrogen and oxygen atoms in total. The number of ketones is 1. The summed E-state index contributed by atoms with van der Waals surface area (Å²) in [5.41, 5.74) is 3.42. The lowest BCUT2D eigenvalue weighted by Crippen LogP contribution is -2.51. The molecule has 0 saturated heterocycles. The molecule has 1 saturated carbocycles. The molecular weight excluding hydrogens is 825 g/mol. The van der Waals surface area contributed by atoms with Crippen LogP contribution in [0.25, 0.3) is 16.8 Å². The largest absolute Gasteiger partial charge is 0.668 e. The van der Waals surface area contributed by atoms with Crippen LogP contribution in [-0.2, 0) is 28.5 Å². The monoisotopic (exact) mass is 879 g/mol. The third-order valence-corrected chi connectivity index (χ3v) is 14.4. The number of phenolic OH excluding ortho intramolecular Hbond substituents is 4. The number of nitrogens with zero attached hydrogens (tertiary/aromatic N) is 2. The minimum atomic E-state index is -1.22. The molecule has 13 heteroatoms. The van der Waals surface area contributed by atoms with E-state index in [0.29, 0.717) is 55.8 Å². The van der Waals surface area contributed by atoms with Gasteiger partial charge in [-0.25, -0.2) is 4.98 Å². The van der Waals surface area contributed by atoms with Crippen LogP contribution >= 0.6 is 0 Å². The summed E-state index contributed by atoms with van der Waals surface area (Å²) < 4.78 is 11.0. The number of aromatic hydroxyl groups is 4.